The van der Waals surface area contributed by atoms with Crippen LogP contribution in [0.25, 0.3) is 0 Å². The number of rotatable bonds is 3. The van der Waals surface area contributed by atoms with Crippen molar-refractivity contribution in [1.82, 2.24) is 4.90 Å². The van der Waals surface area contributed by atoms with E-state index in [-0.39, 0.29) is 5.84 Å². The molecule has 18 heavy (non-hydrogen) atoms. The lowest BCUT2D eigenvalue weighted by atomic mass is 10.1. The number of nitrogens with zero attached hydrogens (tertiary/aromatic N) is 2. The van der Waals surface area contributed by atoms with Gasteiger partial charge in [0.25, 0.3) is 0 Å². The zero-order chi connectivity index (χ0) is 12.8. The number of benzene rings is 1. The van der Waals surface area contributed by atoms with Gasteiger partial charge in [0.2, 0.25) is 0 Å². The van der Waals surface area contributed by atoms with E-state index in [1.807, 2.05) is 24.3 Å². The van der Waals surface area contributed by atoms with Crippen LogP contribution in [-0.2, 0) is 11.3 Å². The molecule has 5 heteroatoms. The van der Waals surface area contributed by atoms with Crippen molar-refractivity contribution in [3.8, 4) is 0 Å². The lowest BCUT2D eigenvalue weighted by Gasteiger charge is -2.19. The van der Waals surface area contributed by atoms with Crippen LogP contribution in [0.1, 0.15) is 17.5 Å². The molecular weight excluding hydrogens is 230 g/mol. The van der Waals surface area contributed by atoms with Crippen molar-refractivity contribution in [2.45, 2.75) is 13.0 Å². The summed E-state index contributed by atoms with van der Waals surface area (Å²) in [7, 11) is 0. The molecule has 0 saturated carbocycles. The van der Waals surface area contributed by atoms with Crippen LogP contribution in [0.5, 0.6) is 0 Å². The molecule has 0 aromatic heterocycles. The Balaban J connectivity index is 1.97. The maximum atomic E-state index is 8.59. The van der Waals surface area contributed by atoms with E-state index in [0.29, 0.717) is 0 Å². The third kappa shape index (κ3) is 3.45. The molecule has 0 amide bonds. The molecule has 0 spiro atoms. The fourth-order valence-corrected chi connectivity index (χ4v) is 2.05. The van der Waals surface area contributed by atoms with Gasteiger partial charge in [-0.05, 0) is 12.0 Å². The third-order valence-electron chi connectivity index (χ3n) is 3.08. The van der Waals surface area contributed by atoms with Crippen LogP contribution in [0.3, 0.4) is 0 Å². The first-order valence-electron chi connectivity index (χ1n) is 6.16. The normalized spacial score (nSPS) is 18.6. The molecular formula is C13H19N3O2. The number of amidine groups is 1. The zero-order valence-corrected chi connectivity index (χ0v) is 10.4. The van der Waals surface area contributed by atoms with Crippen LogP contribution >= 0.6 is 0 Å². The summed E-state index contributed by atoms with van der Waals surface area (Å²) in [5.41, 5.74) is 7.49. The SMILES string of the molecule is N/C(=N/O)c1ccc(CN2CCCOCC2)cc1. The maximum Gasteiger partial charge on any atom is 0.170 e. The van der Waals surface area contributed by atoms with Crippen LogP contribution in [0.15, 0.2) is 29.4 Å². The highest BCUT2D eigenvalue weighted by Gasteiger charge is 2.09. The second-order valence-electron chi connectivity index (χ2n) is 4.42. The zero-order valence-electron chi connectivity index (χ0n) is 10.4. The molecule has 1 saturated heterocycles. The summed E-state index contributed by atoms with van der Waals surface area (Å²) < 4.78 is 5.43. The smallest absolute Gasteiger partial charge is 0.170 e. The average Bonchev–Trinajstić information content (AvgIpc) is 2.67. The van der Waals surface area contributed by atoms with Crippen molar-refractivity contribution in [1.29, 1.82) is 0 Å². The van der Waals surface area contributed by atoms with Gasteiger partial charge in [-0.25, -0.2) is 0 Å². The maximum absolute atomic E-state index is 8.59. The van der Waals surface area contributed by atoms with Crippen molar-refractivity contribution >= 4 is 5.84 Å². The van der Waals surface area contributed by atoms with Gasteiger partial charge in [-0.2, -0.15) is 0 Å². The summed E-state index contributed by atoms with van der Waals surface area (Å²) in [5.74, 6) is 0.143. The highest BCUT2D eigenvalue weighted by molar-refractivity contribution is 5.96. The fraction of sp³-hybridized carbons (Fsp3) is 0.462. The summed E-state index contributed by atoms with van der Waals surface area (Å²) >= 11 is 0. The van der Waals surface area contributed by atoms with Crippen molar-refractivity contribution in [2.75, 3.05) is 26.3 Å². The topological polar surface area (TPSA) is 71.1 Å². The number of hydrogen-bond acceptors (Lipinski definition) is 4. The highest BCUT2D eigenvalue weighted by Crippen LogP contribution is 2.09. The van der Waals surface area contributed by atoms with E-state index in [9.17, 15) is 0 Å². The van der Waals surface area contributed by atoms with Gasteiger partial charge < -0.3 is 15.7 Å². The number of oxime groups is 1. The molecule has 2 rings (SSSR count). The van der Waals surface area contributed by atoms with Gasteiger partial charge in [-0.3, -0.25) is 4.90 Å². The number of hydrogen-bond donors (Lipinski definition) is 2. The van der Waals surface area contributed by atoms with E-state index in [0.717, 1.165) is 44.8 Å². The fourth-order valence-electron chi connectivity index (χ4n) is 2.05. The van der Waals surface area contributed by atoms with Crippen molar-refractivity contribution < 1.29 is 9.94 Å². The molecule has 0 aliphatic carbocycles. The molecule has 1 aromatic carbocycles. The van der Waals surface area contributed by atoms with Gasteiger partial charge in [0.05, 0.1) is 6.61 Å². The molecule has 0 unspecified atom stereocenters. The molecule has 1 aliphatic heterocycles. The Labute approximate surface area is 107 Å². The lowest BCUT2D eigenvalue weighted by molar-refractivity contribution is 0.140. The second kappa shape index (κ2) is 6.37. The van der Waals surface area contributed by atoms with Crippen LogP contribution in [0.4, 0.5) is 0 Å². The van der Waals surface area contributed by atoms with Crippen molar-refractivity contribution in [3.05, 3.63) is 35.4 Å². The highest BCUT2D eigenvalue weighted by atomic mass is 16.5. The number of nitrogens with two attached hydrogens (primary N) is 1. The number of ether oxygens (including phenoxy) is 1. The van der Waals surface area contributed by atoms with Gasteiger partial charge in [0, 0.05) is 31.8 Å². The molecule has 0 atom stereocenters. The van der Waals surface area contributed by atoms with Crippen LogP contribution < -0.4 is 5.73 Å². The molecule has 1 fully saturated rings. The average molecular weight is 249 g/mol. The summed E-state index contributed by atoms with van der Waals surface area (Å²) in [6, 6.07) is 7.77. The standard InChI is InChI=1S/C13H19N3O2/c14-13(15-17)12-4-2-11(3-5-12)10-16-6-1-8-18-9-7-16/h2-5,17H,1,6-10H2,(H2,14,15). The molecule has 98 valence electrons. The molecule has 3 N–H and O–H groups in total. The van der Waals surface area contributed by atoms with Crippen molar-refractivity contribution in [3.63, 3.8) is 0 Å². The minimum atomic E-state index is 0.143. The van der Waals surface area contributed by atoms with E-state index >= 15 is 0 Å². The minimum Gasteiger partial charge on any atom is -0.409 e. The largest absolute Gasteiger partial charge is 0.409 e. The third-order valence-corrected chi connectivity index (χ3v) is 3.08. The van der Waals surface area contributed by atoms with E-state index in [4.69, 9.17) is 15.7 Å². The molecule has 5 nitrogen and oxygen atoms in total. The Kier molecular flexibility index (Phi) is 4.55. The van der Waals surface area contributed by atoms with E-state index in [1.165, 1.54) is 5.56 Å². The van der Waals surface area contributed by atoms with Gasteiger partial charge in [-0.15, -0.1) is 0 Å². The quantitative estimate of drug-likeness (QED) is 0.363. The van der Waals surface area contributed by atoms with Crippen LogP contribution in [0.2, 0.25) is 0 Å². The predicted octanol–water partition coefficient (Wildman–Crippen LogP) is 1.00. The molecule has 0 radical (unpaired) electrons. The summed E-state index contributed by atoms with van der Waals surface area (Å²) in [6.45, 7) is 4.63. The minimum absolute atomic E-state index is 0.143. The Hall–Kier alpha value is -1.59. The summed E-state index contributed by atoms with van der Waals surface area (Å²) in [6.07, 6.45) is 1.09. The first-order chi connectivity index (χ1) is 8.79. The van der Waals surface area contributed by atoms with E-state index < -0.39 is 0 Å². The first kappa shape index (κ1) is 12.9. The Bertz CT molecular complexity index is 395. The van der Waals surface area contributed by atoms with Gasteiger partial charge in [-0.1, -0.05) is 29.4 Å². The molecule has 1 aromatic rings. The van der Waals surface area contributed by atoms with Gasteiger partial charge in [0.1, 0.15) is 0 Å². The van der Waals surface area contributed by atoms with Gasteiger partial charge in [0.15, 0.2) is 5.84 Å². The van der Waals surface area contributed by atoms with E-state index in [2.05, 4.69) is 10.1 Å². The lowest BCUT2D eigenvalue weighted by Crippen LogP contribution is -2.25. The Morgan fingerprint density at radius 2 is 2.06 bits per heavy atom. The molecule has 0 bridgehead atoms. The monoisotopic (exact) mass is 249 g/mol. The molecule has 1 aliphatic rings. The summed E-state index contributed by atoms with van der Waals surface area (Å²) in [4.78, 5) is 2.38. The molecule has 1 heterocycles. The Morgan fingerprint density at radius 1 is 1.28 bits per heavy atom. The van der Waals surface area contributed by atoms with Crippen LogP contribution in [0, 0.1) is 0 Å². The second-order valence-corrected chi connectivity index (χ2v) is 4.42. The predicted molar refractivity (Wildman–Crippen MR) is 69.7 cm³/mol. The first-order valence-corrected chi connectivity index (χ1v) is 6.16. The summed E-state index contributed by atoms with van der Waals surface area (Å²) in [5, 5.41) is 11.6. The Morgan fingerprint density at radius 3 is 2.78 bits per heavy atom. The van der Waals surface area contributed by atoms with E-state index in [1.54, 1.807) is 0 Å². The van der Waals surface area contributed by atoms with Crippen LogP contribution in [-0.4, -0.2) is 42.2 Å². The van der Waals surface area contributed by atoms with Crippen molar-refractivity contribution in [2.24, 2.45) is 10.9 Å². The van der Waals surface area contributed by atoms with Gasteiger partial charge >= 0.3 is 0 Å².